The number of likely N-dealkylation sites (tertiary alicyclic amines) is 1. The monoisotopic (exact) mass is 335 g/mol. The van der Waals surface area contributed by atoms with E-state index >= 15 is 0 Å². The molecule has 0 bridgehead atoms. The first kappa shape index (κ1) is 16.5. The Hall–Kier alpha value is -1.40. The number of thiophene rings is 1. The van der Waals surface area contributed by atoms with Crippen LogP contribution < -0.4 is 11.1 Å². The van der Waals surface area contributed by atoms with Gasteiger partial charge in [-0.2, -0.15) is 0 Å². The second-order valence-electron chi connectivity index (χ2n) is 7.03. The van der Waals surface area contributed by atoms with Gasteiger partial charge in [-0.1, -0.05) is 6.92 Å². The minimum absolute atomic E-state index is 0.0168. The maximum atomic E-state index is 12.3. The van der Waals surface area contributed by atoms with Gasteiger partial charge in [0, 0.05) is 18.0 Å². The SMILES string of the molecule is CC1(CN)CCN(C(=O)CNC(=O)c2cc3c(s2)CCCC3)C1. The van der Waals surface area contributed by atoms with Crippen LogP contribution in [0.5, 0.6) is 0 Å². The van der Waals surface area contributed by atoms with Gasteiger partial charge in [-0.05, 0) is 55.7 Å². The Balaban J connectivity index is 1.53. The van der Waals surface area contributed by atoms with Crippen LogP contribution in [0.15, 0.2) is 6.07 Å². The van der Waals surface area contributed by atoms with Crippen LogP contribution in [0.25, 0.3) is 0 Å². The van der Waals surface area contributed by atoms with E-state index in [1.54, 1.807) is 11.3 Å². The van der Waals surface area contributed by atoms with Gasteiger partial charge in [0.25, 0.3) is 5.91 Å². The highest BCUT2D eigenvalue weighted by atomic mass is 32.1. The lowest BCUT2D eigenvalue weighted by Crippen LogP contribution is -2.40. The van der Waals surface area contributed by atoms with E-state index in [1.165, 1.54) is 23.3 Å². The maximum absolute atomic E-state index is 12.3. The van der Waals surface area contributed by atoms with Crippen molar-refractivity contribution in [3.63, 3.8) is 0 Å². The summed E-state index contributed by atoms with van der Waals surface area (Å²) in [4.78, 5) is 28.4. The molecule has 3 rings (SSSR count). The second kappa shape index (κ2) is 6.61. The topological polar surface area (TPSA) is 75.4 Å². The lowest BCUT2D eigenvalue weighted by atomic mass is 9.90. The van der Waals surface area contributed by atoms with Crippen LogP contribution in [0.4, 0.5) is 0 Å². The van der Waals surface area contributed by atoms with Gasteiger partial charge < -0.3 is 16.0 Å². The average Bonchev–Trinajstić information content (AvgIpc) is 3.16. The first-order chi connectivity index (χ1) is 11.0. The molecule has 1 atom stereocenters. The number of nitrogens with zero attached hydrogens (tertiary/aromatic N) is 1. The summed E-state index contributed by atoms with van der Waals surface area (Å²) in [5.41, 5.74) is 7.11. The van der Waals surface area contributed by atoms with Gasteiger partial charge >= 0.3 is 0 Å². The third kappa shape index (κ3) is 3.58. The van der Waals surface area contributed by atoms with Gasteiger partial charge in [0.2, 0.25) is 5.91 Å². The molecule has 0 aromatic carbocycles. The van der Waals surface area contributed by atoms with Crippen LogP contribution in [-0.4, -0.2) is 42.9 Å². The molecule has 1 aromatic rings. The number of fused-ring (bicyclic) bond motifs is 1. The number of nitrogens with one attached hydrogen (secondary N) is 1. The highest BCUT2D eigenvalue weighted by molar-refractivity contribution is 7.14. The number of amides is 2. The molecule has 1 aliphatic heterocycles. The summed E-state index contributed by atoms with van der Waals surface area (Å²) in [6, 6.07) is 2.00. The summed E-state index contributed by atoms with van der Waals surface area (Å²) < 4.78 is 0. The van der Waals surface area contributed by atoms with Crippen molar-refractivity contribution in [2.75, 3.05) is 26.2 Å². The van der Waals surface area contributed by atoms with Crippen molar-refractivity contribution < 1.29 is 9.59 Å². The van der Waals surface area contributed by atoms with Gasteiger partial charge in [0.15, 0.2) is 0 Å². The fourth-order valence-electron chi connectivity index (χ4n) is 3.36. The highest BCUT2D eigenvalue weighted by Crippen LogP contribution is 2.30. The van der Waals surface area contributed by atoms with E-state index in [4.69, 9.17) is 5.73 Å². The standard InChI is InChI=1S/C17H25N3O2S/c1-17(10-18)6-7-20(11-17)15(21)9-19-16(22)14-8-12-4-2-3-5-13(12)23-14/h8H,2-7,9-11,18H2,1H3,(H,19,22). The van der Waals surface area contributed by atoms with Crippen molar-refractivity contribution in [3.8, 4) is 0 Å². The van der Waals surface area contributed by atoms with Crippen molar-refractivity contribution in [1.82, 2.24) is 10.2 Å². The largest absolute Gasteiger partial charge is 0.342 e. The normalized spacial score (nSPS) is 23.7. The van der Waals surface area contributed by atoms with E-state index in [2.05, 4.69) is 12.2 Å². The molecule has 126 valence electrons. The van der Waals surface area contributed by atoms with Gasteiger partial charge in [-0.25, -0.2) is 0 Å². The molecule has 2 amide bonds. The molecule has 5 nitrogen and oxygen atoms in total. The van der Waals surface area contributed by atoms with Crippen molar-refractivity contribution in [1.29, 1.82) is 0 Å². The number of carbonyl (C=O) groups excluding carboxylic acids is 2. The molecular weight excluding hydrogens is 310 g/mol. The smallest absolute Gasteiger partial charge is 0.261 e. The van der Waals surface area contributed by atoms with Gasteiger partial charge in [-0.15, -0.1) is 11.3 Å². The Kier molecular flexibility index (Phi) is 4.73. The second-order valence-corrected chi connectivity index (χ2v) is 8.17. The highest BCUT2D eigenvalue weighted by Gasteiger charge is 2.34. The predicted octanol–water partition coefficient (Wildman–Crippen LogP) is 1.55. The van der Waals surface area contributed by atoms with E-state index in [-0.39, 0.29) is 23.8 Å². The molecule has 3 N–H and O–H groups in total. The Bertz CT molecular complexity index is 589. The Morgan fingerprint density at radius 3 is 2.87 bits per heavy atom. The third-order valence-corrected chi connectivity index (χ3v) is 6.26. The Morgan fingerprint density at radius 2 is 2.17 bits per heavy atom. The fourth-order valence-corrected chi connectivity index (χ4v) is 4.53. The maximum Gasteiger partial charge on any atom is 0.261 e. The number of rotatable bonds is 4. The van der Waals surface area contributed by atoms with E-state index < -0.39 is 0 Å². The molecule has 2 aliphatic rings. The molecule has 23 heavy (non-hydrogen) atoms. The molecule has 1 fully saturated rings. The van der Waals surface area contributed by atoms with E-state index in [0.29, 0.717) is 13.1 Å². The molecule has 0 saturated carbocycles. The number of aryl methyl sites for hydroxylation is 2. The Labute approximate surface area is 141 Å². The summed E-state index contributed by atoms with van der Waals surface area (Å²) in [6.07, 6.45) is 5.50. The minimum atomic E-state index is -0.126. The molecule has 0 spiro atoms. The molecule has 1 unspecified atom stereocenters. The van der Waals surface area contributed by atoms with E-state index in [9.17, 15) is 9.59 Å². The quantitative estimate of drug-likeness (QED) is 0.877. The third-order valence-electron chi connectivity index (χ3n) is 5.02. The number of nitrogens with two attached hydrogens (primary N) is 1. The van der Waals surface area contributed by atoms with Crippen LogP contribution in [0.2, 0.25) is 0 Å². The van der Waals surface area contributed by atoms with Crippen LogP contribution in [0.1, 0.15) is 46.3 Å². The number of carbonyl (C=O) groups is 2. The first-order valence-electron chi connectivity index (χ1n) is 8.38. The predicted molar refractivity (Wildman–Crippen MR) is 91.7 cm³/mol. The zero-order valence-electron chi connectivity index (χ0n) is 13.7. The lowest BCUT2D eigenvalue weighted by Gasteiger charge is -2.22. The van der Waals surface area contributed by atoms with Crippen molar-refractivity contribution in [2.24, 2.45) is 11.1 Å². The van der Waals surface area contributed by atoms with Crippen LogP contribution >= 0.6 is 11.3 Å². The molecule has 1 saturated heterocycles. The summed E-state index contributed by atoms with van der Waals surface area (Å²) >= 11 is 1.58. The summed E-state index contributed by atoms with van der Waals surface area (Å²) in [6.45, 7) is 4.18. The van der Waals surface area contributed by atoms with Gasteiger partial charge in [0.1, 0.15) is 0 Å². The van der Waals surface area contributed by atoms with Crippen molar-refractivity contribution in [2.45, 2.75) is 39.0 Å². The van der Waals surface area contributed by atoms with Gasteiger partial charge in [-0.3, -0.25) is 9.59 Å². The van der Waals surface area contributed by atoms with E-state index in [1.807, 2.05) is 11.0 Å². The average molecular weight is 335 g/mol. The molecule has 1 aromatic heterocycles. The fraction of sp³-hybridized carbons (Fsp3) is 0.647. The minimum Gasteiger partial charge on any atom is -0.342 e. The van der Waals surface area contributed by atoms with E-state index in [0.717, 1.165) is 30.7 Å². The number of hydrogen-bond donors (Lipinski definition) is 2. The molecule has 2 heterocycles. The summed E-state index contributed by atoms with van der Waals surface area (Å²) in [5.74, 6) is -0.143. The zero-order chi connectivity index (χ0) is 16.4. The van der Waals surface area contributed by atoms with Crippen LogP contribution in [0.3, 0.4) is 0 Å². The summed E-state index contributed by atoms with van der Waals surface area (Å²) in [7, 11) is 0. The van der Waals surface area contributed by atoms with Crippen LogP contribution in [-0.2, 0) is 17.6 Å². The Morgan fingerprint density at radius 1 is 1.39 bits per heavy atom. The molecular formula is C17H25N3O2S. The molecule has 0 radical (unpaired) electrons. The van der Waals surface area contributed by atoms with Crippen molar-refractivity contribution in [3.05, 3.63) is 21.4 Å². The number of hydrogen-bond acceptors (Lipinski definition) is 4. The first-order valence-corrected chi connectivity index (χ1v) is 9.20. The molecule has 1 aliphatic carbocycles. The van der Waals surface area contributed by atoms with Gasteiger partial charge in [0.05, 0.1) is 11.4 Å². The molecule has 6 heteroatoms. The zero-order valence-corrected chi connectivity index (χ0v) is 14.5. The summed E-state index contributed by atoms with van der Waals surface area (Å²) in [5, 5.41) is 2.78. The lowest BCUT2D eigenvalue weighted by molar-refractivity contribution is -0.129. The van der Waals surface area contributed by atoms with Crippen molar-refractivity contribution >= 4 is 23.2 Å². The van der Waals surface area contributed by atoms with Crippen LogP contribution in [0, 0.1) is 5.41 Å².